The maximum atomic E-state index is 10.6. The van der Waals surface area contributed by atoms with E-state index in [0.29, 0.717) is 6.42 Å². The molecule has 84 valence electrons. The molecule has 0 spiro atoms. The minimum Gasteiger partial charge on any atom is -0.328 e. The minimum absolute atomic E-state index is 0.103. The molecule has 0 radical (unpaired) electrons. The Labute approximate surface area is 80.4 Å². The molecular formula is C4H12N4O5S. The highest BCUT2D eigenvalue weighted by Gasteiger charge is 2.19. The Kier molecular flexibility index (Phi) is 4.90. The van der Waals surface area contributed by atoms with E-state index in [4.69, 9.17) is 29.0 Å². The van der Waals surface area contributed by atoms with Gasteiger partial charge in [-0.3, -0.25) is 25.0 Å². The van der Waals surface area contributed by atoms with Crippen LogP contribution in [0.15, 0.2) is 0 Å². The average Bonchev–Trinajstić information content (AvgIpc) is 1.77. The molecule has 0 bridgehead atoms. The van der Waals surface area contributed by atoms with E-state index in [1.165, 1.54) is 0 Å². The van der Waals surface area contributed by atoms with E-state index in [2.05, 4.69) is 10.6 Å². The summed E-state index contributed by atoms with van der Waals surface area (Å²) in [5, 5.41) is 5.19. The molecule has 0 aromatic carbocycles. The van der Waals surface area contributed by atoms with Crippen molar-refractivity contribution in [1.82, 2.24) is 10.6 Å². The summed E-state index contributed by atoms with van der Waals surface area (Å²) in [6, 6.07) is 0. The Bertz CT molecular complexity index is 270. The van der Waals surface area contributed by atoms with E-state index >= 15 is 0 Å². The van der Waals surface area contributed by atoms with Crippen LogP contribution in [0.1, 0.15) is 6.42 Å². The first-order valence-corrected chi connectivity index (χ1v) is 4.84. The Hall–Kier alpha value is -0.780. The van der Waals surface area contributed by atoms with Crippen molar-refractivity contribution < 1.29 is 22.3 Å². The van der Waals surface area contributed by atoms with E-state index in [0.717, 1.165) is 0 Å². The van der Waals surface area contributed by atoms with Gasteiger partial charge >= 0.3 is 10.4 Å². The van der Waals surface area contributed by atoms with Gasteiger partial charge in [0.25, 0.3) is 0 Å². The van der Waals surface area contributed by atoms with Gasteiger partial charge in [0, 0.05) is 0 Å². The lowest BCUT2D eigenvalue weighted by Gasteiger charge is -2.25. The van der Waals surface area contributed by atoms with E-state index in [1.54, 1.807) is 0 Å². The van der Waals surface area contributed by atoms with Crippen LogP contribution in [0.4, 0.5) is 0 Å². The summed E-state index contributed by atoms with van der Waals surface area (Å²) >= 11 is 0. The Morgan fingerprint density at radius 2 is 1.79 bits per heavy atom. The number of hydrogen-bond donors (Lipinski definition) is 6. The molecule has 14 heavy (non-hydrogen) atoms. The van der Waals surface area contributed by atoms with Crippen molar-refractivity contribution >= 4 is 16.3 Å². The number of rotatable bonds is 0. The highest BCUT2D eigenvalue weighted by Crippen LogP contribution is 1.89. The molecular weight excluding hydrogens is 216 g/mol. The van der Waals surface area contributed by atoms with Crippen LogP contribution in [-0.2, 0) is 15.2 Å². The van der Waals surface area contributed by atoms with E-state index in [1.807, 2.05) is 0 Å². The van der Waals surface area contributed by atoms with Crippen molar-refractivity contribution in [3.05, 3.63) is 0 Å². The van der Waals surface area contributed by atoms with Gasteiger partial charge in [-0.15, -0.1) is 0 Å². The first-order chi connectivity index (χ1) is 6.18. The van der Waals surface area contributed by atoms with Crippen molar-refractivity contribution in [2.75, 3.05) is 0 Å². The molecule has 1 aliphatic rings. The van der Waals surface area contributed by atoms with Crippen LogP contribution in [0, 0.1) is 0 Å². The predicted molar refractivity (Wildman–Crippen MR) is 46.0 cm³/mol. The highest BCUT2D eigenvalue weighted by atomic mass is 32.3. The molecule has 1 saturated heterocycles. The van der Waals surface area contributed by atoms with Crippen LogP contribution >= 0.6 is 0 Å². The summed E-state index contributed by atoms with van der Waals surface area (Å²) < 4.78 is 31.6. The molecule has 1 amide bonds. The molecule has 0 aromatic rings. The second-order valence-electron chi connectivity index (χ2n) is 2.47. The van der Waals surface area contributed by atoms with E-state index in [9.17, 15) is 4.79 Å². The van der Waals surface area contributed by atoms with Crippen LogP contribution in [0.2, 0.25) is 0 Å². The maximum absolute atomic E-state index is 10.6. The molecule has 1 heterocycles. The summed E-state index contributed by atoms with van der Waals surface area (Å²) in [4.78, 5) is 10.6. The number of hydrogen-bond acceptors (Lipinski definition) is 6. The van der Waals surface area contributed by atoms with Gasteiger partial charge < -0.3 is 11.1 Å². The van der Waals surface area contributed by atoms with Gasteiger partial charge in [-0.05, 0) is 0 Å². The Morgan fingerprint density at radius 1 is 1.36 bits per heavy atom. The molecule has 1 fully saturated rings. The quantitative estimate of drug-likeness (QED) is 0.238. The number of nitrogens with two attached hydrogens (primary N) is 2. The molecule has 0 aliphatic carbocycles. The second kappa shape index (κ2) is 5.19. The smallest absolute Gasteiger partial charge is 0.328 e. The van der Waals surface area contributed by atoms with Gasteiger partial charge in [0.05, 0.1) is 12.6 Å². The van der Waals surface area contributed by atoms with Crippen LogP contribution in [0.25, 0.3) is 0 Å². The molecule has 0 aromatic heterocycles. The van der Waals surface area contributed by atoms with Gasteiger partial charge in [-0.1, -0.05) is 0 Å². The summed E-state index contributed by atoms with van der Waals surface area (Å²) in [7, 11) is -4.67. The Morgan fingerprint density at radius 3 is 2.07 bits per heavy atom. The molecule has 1 aliphatic heterocycles. The molecule has 8 N–H and O–H groups in total. The normalized spacial score (nSPS) is 27.3. The van der Waals surface area contributed by atoms with Gasteiger partial charge in [-0.2, -0.15) is 8.42 Å². The monoisotopic (exact) mass is 228 g/mol. The third-order valence-electron chi connectivity index (χ3n) is 1.12. The first-order valence-electron chi connectivity index (χ1n) is 3.45. The molecule has 2 unspecified atom stereocenters. The van der Waals surface area contributed by atoms with Crippen LogP contribution in [0.5, 0.6) is 0 Å². The average molecular weight is 228 g/mol. The third-order valence-corrected chi connectivity index (χ3v) is 1.12. The summed E-state index contributed by atoms with van der Waals surface area (Å²) in [5.41, 5.74) is 10.7. The second-order valence-corrected chi connectivity index (χ2v) is 3.37. The summed E-state index contributed by atoms with van der Waals surface area (Å²) in [6.45, 7) is 0. The van der Waals surface area contributed by atoms with Crippen LogP contribution in [-0.4, -0.2) is 35.9 Å². The van der Waals surface area contributed by atoms with Gasteiger partial charge in [0.2, 0.25) is 5.91 Å². The molecule has 10 heteroatoms. The number of nitrogens with one attached hydrogen (secondary N) is 2. The Balaban J connectivity index is 0.000000292. The van der Waals surface area contributed by atoms with Crippen molar-refractivity contribution in [2.24, 2.45) is 11.5 Å². The number of carbonyl (C=O) groups excluding carboxylic acids is 1. The van der Waals surface area contributed by atoms with Gasteiger partial charge in [-0.25, -0.2) is 0 Å². The zero-order valence-corrected chi connectivity index (χ0v) is 7.86. The number of amides is 1. The first kappa shape index (κ1) is 13.2. The van der Waals surface area contributed by atoms with Crippen molar-refractivity contribution in [1.29, 1.82) is 0 Å². The zero-order chi connectivity index (χ0) is 11.4. The summed E-state index contributed by atoms with van der Waals surface area (Å²) in [6.07, 6.45) is -0.483. The lowest BCUT2D eigenvalue weighted by atomic mass is 10.3. The van der Waals surface area contributed by atoms with E-state index < -0.39 is 16.7 Å². The largest absolute Gasteiger partial charge is 0.394 e. The zero-order valence-electron chi connectivity index (χ0n) is 7.04. The topological polar surface area (TPSA) is 168 Å². The van der Waals surface area contributed by atoms with Crippen molar-refractivity contribution in [3.8, 4) is 0 Å². The number of carbonyl (C=O) groups is 1. The molecule has 2 atom stereocenters. The van der Waals surface area contributed by atoms with E-state index in [-0.39, 0.29) is 12.1 Å². The molecule has 1 rings (SSSR count). The molecule has 9 nitrogen and oxygen atoms in total. The van der Waals surface area contributed by atoms with Crippen LogP contribution in [0.3, 0.4) is 0 Å². The van der Waals surface area contributed by atoms with Crippen LogP contribution < -0.4 is 22.1 Å². The van der Waals surface area contributed by atoms with Crippen molar-refractivity contribution in [2.45, 2.75) is 18.9 Å². The third kappa shape index (κ3) is 9.31. The van der Waals surface area contributed by atoms with Crippen molar-refractivity contribution in [3.63, 3.8) is 0 Å². The maximum Gasteiger partial charge on any atom is 0.394 e. The fourth-order valence-corrected chi connectivity index (χ4v) is 0.763. The SMILES string of the molecule is NC1CC(=O)NC(N)N1.O=S(=O)(O)O. The predicted octanol–water partition coefficient (Wildman–Crippen LogP) is -3.03. The van der Waals surface area contributed by atoms with Gasteiger partial charge in [0.15, 0.2) is 0 Å². The van der Waals surface area contributed by atoms with Gasteiger partial charge in [0.1, 0.15) is 6.29 Å². The lowest BCUT2D eigenvalue weighted by Crippen LogP contribution is -2.63. The fourth-order valence-electron chi connectivity index (χ4n) is 0.763. The fraction of sp³-hybridized carbons (Fsp3) is 0.750. The minimum atomic E-state index is -4.67. The summed E-state index contributed by atoms with van der Waals surface area (Å²) in [5.74, 6) is -0.103. The highest BCUT2D eigenvalue weighted by molar-refractivity contribution is 7.79. The lowest BCUT2D eigenvalue weighted by molar-refractivity contribution is -0.124. The molecule has 0 saturated carbocycles. The standard InChI is InChI=1S/C4H10N4O.H2O4S/c5-2-1-3(9)8-4(6)7-2;1-5(2,3)4/h2,4,7H,1,5-6H2,(H,8,9);(H2,1,2,3,4).